The van der Waals surface area contributed by atoms with Crippen LogP contribution in [-0.2, 0) is 22.1 Å². The number of aromatic nitrogens is 1. The third-order valence-electron chi connectivity index (χ3n) is 4.59. The number of aryl methyl sites for hydroxylation is 1. The normalized spacial score (nSPS) is 11.7. The van der Waals surface area contributed by atoms with Gasteiger partial charge in [0.15, 0.2) is 0 Å². The summed E-state index contributed by atoms with van der Waals surface area (Å²) in [4.78, 5) is 16.7. The predicted octanol–water partition coefficient (Wildman–Crippen LogP) is 5.92. The van der Waals surface area contributed by atoms with Crippen molar-refractivity contribution in [1.82, 2.24) is 4.98 Å². The fourth-order valence-corrected chi connectivity index (χ4v) is 4.05. The van der Waals surface area contributed by atoms with E-state index in [0.717, 1.165) is 33.8 Å². The smallest absolute Gasteiger partial charge is 0.416 e. The lowest BCUT2D eigenvalue weighted by atomic mass is 10.1. The van der Waals surface area contributed by atoms with E-state index in [0.29, 0.717) is 22.7 Å². The van der Waals surface area contributed by atoms with E-state index in [1.54, 1.807) is 12.1 Å². The second-order valence-corrected chi connectivity index (χ2v) is 7.80. The van der Waals surface area contributed by atoms with Gasteiger partial charge < -0.3 is 9.47 Å². The fourth-order valence-electron chi connectivity index (χ4n) is 2.96. The Bertz CT molecular complexity index is 1120. The third-order valence-corrected chi connectivity index (χ3v) is 5.80. The van der Waals surface area contributed by atoms with Gasteiger partial charge in [-0.1, -0.05) is 24.3 Å². The van der Waals surface area contributed by atoms with Gasteiger partial charge in [-0.15, -0.1) is 11.3 Å². The van der Waals surface area contributed by atoms with Crippen LogP contribution in [0.25, 0.3) is 16.6 Å². The summed E-state index contributed by atoms with van der Waals surface area (Å²) in [6, 6.07) is 10.8. The van der Waals surface area contributed by atoms with Crippen molar-refractivity contribution in [2.24, 2.45) is 0 Å². The molecular weight excluding hydrogens is 427 g/mol. The highest BCUT2D eigenvalue weighted by molar-refractivity contribution is 7.15. The molecule has 0 N–H and O–H groups in total. The van der Waals surface area contributed by atoms with Gasteiger partial charge in [-0.25, -0.2) is 9.78 Å². The largest absolute Gasteiger partial charge is 0.496 e. The molecule has 0 saturated carbocycles. The maximum absolute atomic E-state index is 13.0. The Balaban J connectivity index is 1.85. The zero-order valence-electron chi connectivity index (χ0n) is 17.1. The van der Waals surface area contributed by atoms with Crippen molar-refractivity contribution >= 4 is 23.4 Å². The summed E-state index contributed by atoms with van der Waals surface area (Å²) in [5, 5.41) is 0.545. The van der Waals surface area contributed by atoms with Crippen LogP contribution in [0, 0.1) is 6.92 Å². The van der Waals surface area contributed by atoms with E-state index in [9.17, 15) is 18.0 Å². The Kier molecular flexibility index (Phi) is 6.80. The third kappa shape index (κ3) is 5.52. The van der Waals surface area contributed by atoms with Crippen LogP contribution in [0.1, 0.15) is 27.3 Å². The van der Waals surface area contributed by atoms with Crippen LogP contribution in [0.2, 0.25) is 0 Å². The average molecular weight is 447 g/mol. The van der Waals surface area contributed by atoms with Crippen LogP contribution in [0.15, 0.2) is 48.5 Å². The van der Waals surface area contributed by atoms with Gasteiger partial charge in [0, 0.05) is 28.5 Å². The minimum atomic E-state index is -4.40. The number of hydrogen-bond acceptors (Lipinski definition) is 5. The predicted molar refractivity (Wildman–Crippen MR) is 114 cm³/mol. The molecule has 0 saturated heterocycles. The molecule has 31 heavy (non-hydrogen) atoms. The topological polar surface area (TPSA) is 48.4 Å². The lowest BCUT2D eigenvalue weighted by molar-refractivity contribution is -0.137. The molecule has 0 amide bonds. The molecule has 1 heterocycles. The van der Waals surface area contributed by atoms with Gasteiger partial charge in [-0.05, 0) is 36.8 Å². The molecule has 8 heteroatoms. The molecule has 0 aliphatic carbocycles. The van der Waals surface area contributed by atoms with Crippen molar-refractivity contribution in [3.05, 3.63) is 75.8 Å². The number of rotatable bonds is 6. The molecule has 3 rings (SSSR count). The fraction of sp³-hybridized carbons (Fsp3) is 0.217. The number of nitrogens with zero attached hydrogens (tertiary/aromatic N) is 1. The highest BCUT2D eigenvalue weighted by atomic mass is 32.1. The molecule has 0 fully saturated rings. The first kappa shape index (κ1) is 22.6. The van der Waals surface area contributed by atoms with Crippen LogP contribution >= 0.6 is 11.3 Å². The number of carbonyl (C=O) groups is 1. The highest BCUT2D eigenvalue weighted by Gasteiger charge is 2.30. The Hall–Kier alpha value is -3.13. The minimum absolute atomic E-state index is 0.440. The van der Waals surface area contributed by atoms with Gasteiger partial charge >= 0.3 is 12.1 Å². The molecule has 0 radical (unpaired) electrons. The number of esters is 1. The zero-order chi connectivity index (χ0) is 22.6. The highest BCUT2D eigenvalue weighted by Crippen LogP contribution is 2.35. The SMILES string of the molecule is COC(=O)C=Cc1ccc(Cc2sc(-c3cccc(C(F)(F)F)c3)nc2C)cc1OC. The summed E-state index contributed by atoms with van der Waals surface area (Å²) < 4.78 is 49.1. The molecule has 162 valence electrons. The number of benzene rings is 2. The summed E-state index contributed by atoms with van der Waals surface area (Å²) >= 11 is 1.37. The van der Waals surface area contributed by atoms with Crippen molar-refractivity contribution in [1.29, 1.82) is 0 Å². The Labute approximate surface area is 182 Å². The summed E-state index contributed by atoms with van der Waals surface area (Å²) in [6.45, 7) is 1.84. The molecule has 4 nitrogen and oxygen atoms in total. The van der Waals surface area contributed by atoms with Gasteiger partial charge in [0.1, 0.15) is 10.8 Å². The Morgan fingerprint density at radius 2 is 1.94 bits per heavy atom. The standard InChI is InChI=1S/C23H20F3NO3S/c1-14-20(31-22(27-14)17-5-4-6-18(13-17)23(24,25)26)12-15-7-8-16(19(11-15)29-2)9-10-21(28)30-3/h4-11,13H,12H2,1-3H3. The summed E-state index contributed by atoms with van der Waals surface area (Å²) in [5.41, 5.74) is 2.19. The van der Waals surface area contributed by atoms with Crippen LogP contribution in [0.4, 0.5) is 13.2 Å². The molecule has 3 aromatic rings. The number of methoxy groups -OCH3 is 2. The quantitative estimate of drug-likeness (QED) is 0.348. The van der Waals surface area contributed by atoms with E-state index in [4.69, 9.17) is 4.74 Å². The molecule has 0 aliphatic rings. The van der Waals surface area contributed by atoms with Crippen molar-refractivity contribution in [2.45, 2.75) is 19.5 Å². The van der Waals surface area contributed by atoms with E-state index in [2.05, 4.69) is 9.72 Å². The first-order chi connectivity index (χ1) is 14.7. The molecule has 2 aromatic carbocycles. The zero-order valence-corrected chi connectivity index (χ0v) is 17.9. The molecule has 0 spiro atoms. The number of hydrogen-bond donors (Lipinski definition) is 0. The monoisotopic (exact) mass is 447 g/mol. The van der Waals surface area contributed by atoms with Gasteiger partial charge in [-0.3, -0.25) is 0 Å². The molecule has 0 aliphatic heterocycles. The average Bonchev–Trinajstić information content (AvgIpc) is 3.12. The summed E-state index contributed by atoms with van der Waals surface area (Å²) in [5.74, 6) is 0.131. The van der Waals surface area contributed by atoms with E-state index in [-0.39, 0.29) is 0 Å². The van der Waals surface area contributed by atoms with Gasteiger partial charge in [0.2, 0.25) is 0 Å². The lowest BCUT2D eigenvalue weighted by Crippen LogP contribution is -2.04. The van der Waals surface area contributed by atoms with Crippen molar-refractivity contribution in [3.63, 3.8) is 0 Å². The van der Waals surface area contributed by atoms with E-state index in [1.807, 2.05) is 25.1 Å². The number of alkyl halides is 3. The first-order valence-corrected chi connectivity index (χ1v) is 10.1. The molecule has 0 bridgehead atoms. The van der Waals surface area contributed by atoms with Crippen LogP contribution < -0.4 is 4.74 Å². The van der Waals surface area contributed by atoms with Gasteiger partial charge in [0.05, 0.1) is 25.5 Å². The molecule has 0 atom stereocenters. The van der Waals surface area contributed by atoms with E-state index in [1.165, 1.54) is 37.7 Å². The number of ether oxygens (including phenoxy) is 2. The Morgan fingerprint density at radius 3 is 2.61 bits per heavy atom. The molecule has 1 aromatic heterocycles. The number of halogens is 3. The van der Waals surface area contributed by atoms with Crippen LogP contribution in [0.5, 0.6) is 5.75 Å². The van der Waals surface area contributed by atoms with Gasteiger partial charge in [-0.2, -0.15) is 13.2 Å². The van der Waals surface area contributed by atoms with Crippen molar-refractivity contribution in [3.8, 4) is 16.3 Å². The van der Waals surface area contributed by atoms with Gasteiger partial charge in [0.25, 0.3) is 0 Å². The van der Waals surface area contributed by atoms with Crippen molar-refractivity contribution in [2.75, 3.05) is 14.2 Å². The maximum Gasteiger partial charge on any atom is 0.416 e. The molecule has 0 unspecified atom stereocenters. The molecular formula is C23H20F3NO3S. The maximum atomic E-state index is 13.0. The second kappa shape index (κ2) is 9.34. The lowest BCUT2D eigenvalue weighted by Gasteiger charge is -2.08. The number of carbonyl (C=O) groups excluding carboxylic acids is 1. The minimum Gasteiger partial charge on any atom is -0.496 e. The van der Waals surface area contributed by atoms with Crippen LogP contribution in [-0.4, -0.2) is 25.2 Å². The Morgan fingerprint density at radius 1 is 1.16 bits per heavy atom. The van der Waals surface area contributed by atoms with E-state index < -0.39 is 17.7 Å². The van der Waals surface area contributed by atoms with Crippen LogP contribution in [0.3, 0.4) is 0 Å². The van der Waals surface area contributed by atoms with Crippen molar-refractivity contribution < 1.29 is 27.4 Å². The summed E-state index contributed by atoms with van der Waals surface area (Å²) in [6.07, 6.45) is -0.921. The first-order valence-electron chi connectivity index (χ1n) is 9.28. The number of thiazole rings is 1. The van der Waals surface area contributed by atoms with E-state index >= 15 is 0 Å². The summed E-state index contributed by atoms with van der Waals surface area (Å²) in [7, 11) is 2.84. The second-order valence-electron chi connectivity index (χ2n) is 6.72.